The summed E-state index contributed by atoms with van der Waals surface area (Å²) in [6, 6.07) is 42.9. The average molecular weight is 775 g/mol. The summed E-state index contributed by atoms with van der Waals surface area (Å²) in [6.45, 7) is 4.67. The van der Waals surface area contributed by atoms with Crippen LogP contribution in [-0.4, -0.2) is 23.4 Å². The number of allylic oxidation sites excluding steroid dienone is 1. The van der Waals surface area contributed by atoms with E-state index in [-0.39, 0.29) is 19.1 Å². The molecule has 6 aromatic rings. The van der Waals surface area contributed by atoms with Gasteiger partial charge < -0.3 is 14.2 Å². The van der Waals surface area contributed by atoms with E-state index in [1.807, 2.05) is 147 Å². The second-order valence-electron chi connectivity index (χ2n) is 12.0. The van der Waals surface area contributed by atoms with Gasteiger partial charge in [0, 0.05) is 20.4 Å². The fourth-order valence-electron chi connectivity index (χ4n) is 6.38. The van der Waals surface area contributed by atoms with Gasteiger partial charge in [-0.25, -0.2) is 19.1 Å². The second-order valence-corrected chi connectivity index (χ2v) is 13.2. The first-order chi connectivity index (χ1) is 24.4. The number of carbonyl (C=O) groups excluding carboxylic acids is 2. The summed E-state index contributed by atoms with van der Waals surface area (Å²) in [5, 5.41) is 0.830. The Morgan fingerprint density at radius 2 is 1.28 bits per heavy atom. The quantitative estimate of drug-likeness (QED) is 0.144. The zero-order chi connectivity index (χ0) is 34.6. The molecule has 2 heterocycles. The van der Waals surface area contributed by atoms with Gasteiger partial charge in [-0.15, -0.1) is 0 Å². The van der Waals surface area contributed by atoms with Gasteiger partial charge in [0.1, 0.15) is 24.8 Å². The lowest BCUT2D eigenvalue weighted by Gasteiger charge is -2.35. The van der Waals surface area contributed by atoms with E-state index < -0.39 is 12.2 Å². The molecule has 8 heteroatoms. The molecule has 0 bridgehead atoms. The van der Waals surface area contributed by atoms with Crippen LogP contribution in [0.3, 0.4) is 0 Å². The minimum Gasteiger partial charge on any atom is -0.494 e. The van der Waals surface area contributed by atoms with Crippen molar-refractivity contribution in [1.82, 2.24) is 4.57 Å². The Morgan fingerprint density at radius 1 is 0.700 bits per heavy atom. The molecule has 1 aromatic heterocycles. The van der Waals surface area contributed by atoms with Crippen molar-refractivity contribution in [2.24, 2.45) is 0 Å². The largest absolute Gasteiger partial charge is 0.494 e. The van der Waals surface area contributed by atoms with Gasteiger partial charge in [0.05, 0.1) is 17.8 Å². The molecule has 250 valence electrons. The number of aryl methyl sites for hydroxylation is 1. The first-order valence-electron chi connectivity index (χ1n) is 16.5. The Labute approximate surface area is 304 Å². The van der Waals surface area contributed by atoms with Gasteiger partial charge in [-0.3, -0.25) is 0 Å². The zero-order valence-electron chi connectivity index (χ0n) is 27.7. The van der Waals surface area contributed by atoms with Gasteiger partial charge in [-0.2, -0.15) is 0 Å². The molecule has 7 nitrogen and oxygen atoms in total. The molecule has 5 aromatic carbocycles. The van der Waals surface area contributed by atoms with E-state index in [1.165, 1.54) is 4.57 Å². The van der Waals surface area contributed by atoms with Crippen LogP contribution in [-0.2, 0) is 22.7 Å². The van der Waals surface area contributed by atoms with E-state index >= 15 is 0 Å². The molecule has 1 aliphatic heterocycles. The minimum absolute atomic E-state index is 0.0598. The summed E-state index contributed by atoms with van der Waals surface area (Å²) in [5.41, 5.74) is 6.65. The van der Waals surface area contributed by atoms with Crippen molar-refractivity contribution in [2.75, 3.05) is 11.5 Å². The van der Waals surface area contributed by atoms with Crippen molar-refractivity contribution in [3.8, 4) is 5.75 Å². The number of anilines is 1. The molecule has 1 unspecified atom stereocenters. The summed E-state index contributed by atoms with van der Waals surface area (Å²) < 4.78 is 20.2. The number of para-hydroxylation sites is 1. The molecule has 0 radical (unpaired) electrons. The van der Waals surface area contributed by atoms with E-state index in [9.17, 15) is 9.59 Å². The summed E-state index contributed by atoms with van der Waals surface area (Å²) in [4.78, 5) is 30.5. The van der Waals surface area contributed by atoms with Gasteiger partial charge in [0.2, 0.25) is 0 Å². The van der Waals surface area contributed by atoms with Crippen LogP contribution in [0.1, 0.15) is 46.2 Å². The van der Waals surface area contributed by atoms with Crippen molar-refractivity contribution in [3.05, 3.63) is 170 Å². The van der Waals surface area contributed by atoms with Crippen molar-refractivity contribution in [2.45, 2.75) is 33.0 Å². The van der Waals surface area contributed by atoms with Crippen LogP contribution in [0, 0.1) is 6.92 Å². The maximum atomic E-state index is 14.6. The van der Waals surface area contributed by atoms with Crippen molar-refractivity contribution in [1.29, 1.82) is 0 Å². The summed E-state index contributed by atoms with van der Waals surface area (Å²) >= 11 is 2.36. The third-order valence-electron chi connectivity index (χ3n) is 8.72. The molecule has 0 spiro atoms. The normalized spacial score (nSPS) is 14.0. The van der Waals surface area contributed by atoms with Crippen molar-refractivity contribution in [3.63, 3.8) is 0 Å². The number of carbonyl (C=O) groups is 2. The van der Waals surface area contributed by atoms with E-state index in [0.29, 0.717) is 23.6 Å². The highest BCUT2D eigenvalue weighted by Gasteiger charge is 2.43. The fraction of sp³-hybridized carbons (Fsp3) is 0.143. The SMILES string of the molecule is CCOc1ccc(C2C(I)=C(c3ccc(C)cc3)N(C(=O)OCc3ccccc3)c3c2c2ccccc2n3C(=O)OCc2ccccc2)cc1. The molecule has 0 aliphatic carbocycles. The summed E-state index contributed by atoms with van der Waals surface area (Å²) in [6.07, 6.45) is -1.21. The number of hydrogen-bond donors (Lipinski definition) is 0. The van der Waals surface area contributed by atoms with Gasteiger partial charge in [-0.1, -0.05) is 121 Å². The molecule has 0 N–H and O–H groups in total. The minimum atomic E-state index is -0.607. The van der Waals surface area contributed by atoms with Crippen LogP contribution in [0.4, 0.5) is 15.4 Å². The molecule has 7 rings (SSSR count). The Balaban J connectivity index is 1.46. The van der Waals surface area contributed by atoms with Crippen molar-refractivity contribution >= 4 is 57.2 Å². The highest BCUT2D eigenvalue weighted by Crippen LogP contribution is 2.54. The van der Waals surface area contributed by atoms with Gasteiger partial charge in [0.15, 0.2) is 0 Å². The number of benzene rings is 5. The lowest BCUT2D eigenvalue weighted by atomic mass is 9.85. The smallest absolute Gasteiger partial charge is 0.420 e. The lowest BCUT2D eigenvalue weighted by Crippen LogP contribution is -2.37. The predicted octanol–water partition coefficient (Wildman–Crippen LogP) is 10.6. The maximum absolute atomic E-state index is 14.6. The van der Waals surface area contributed by atoms with E-state index in [0.717, 1.165) is 48.1 Å². The predicted molar refractivity (Wildman–Crippen MR) is 205 cm³/mol. The molecule has 0 fully saturated rings. The lowest BCUT2D eigenvalue weighted by molar-refractivity contribution is 0.141. The Bertz CT molecular complexity index is 2180. The Kier molecular flexibility index (Phi) is 9.71. The molecule has 50 heavy (non-hydrogen) atoms. The average Bonchev–Trinajstić information content (AvgIpc) is 3.49. The third kappa shape index (κ3) is 6.50. The van der Waals surface area contributed by atoms with E-state index in [4.69, 9.17) is 14.2 Å². The number of rotatable bonds is 8. The first kappa shape index (κ1) is 33.2. The maximum Gasteiger partial charge on any atom is 0.420 e. The summed E-state index contributed by atoms with van der Waals surface area (Å²) in [7, 11) is 0. The molecular weight excluding hydrogens is 739 g/mol. The number of fused-ring (bicyclic) bond motifs is 3. The van der Waals surface area contributed by atoms with E-state index in [2.05, 4.69) is 22.6 Å². The molecule has 0 saturated carbocycles. The standard InChI is InChI=1S/C42H35IN2O5/c1-3-48-33-24-22-31(23-25-33)36-37-34-16-10-11-17-35(34)44(41(46)49-26-29-12-6-4-7-13-29)40(37)45(42(47)50-27-30-14-8-5-9-15-30)39(38(36)43)32-20-18-28(2)19-21-32/h4-25,36H,3,26-27H2,1-2H3. The van der Waals surface area contributed by atoms with Gasteiger partial charge in [-0.05, 0) is 76.9 Å². The molecular formula is C42H35IN2O5. The fourth-order valence-corrected chi connectivity index (χ4v) is 7.60. The molecule has 1 atom stereocenters. The highest BCUT2D eigenvalue weighted by molar-refractivity contribution is 14.1. The van der Waals surface area contributed by atoms with Gasteiger partial charge in [0.25, 0.3) is 0 Å². The zero-order valence-corrected chi connectivity index (χ0v) is 29.9. The highest BCUT2D eigenvalue weighted by atomic mass is 127. The number of nitrogens with zero attached hydrogens (tertiary/aromatic N) is 2. The topological polar surface area (TPSA) is 70.0 Å². The monoisotopic (exact) mass is 774 g/mol. The molecule has 1 aliphatic rings. The van der Waals surface area contributed by atoms with Crippen LogP contribution in [0.5, 0.6) is 5.75 Å². The Hall–Kier alpha value is -5.35. The number of amides is 1. The van der Waals surface area contributed by atoms with Crippen LogP contribution >= 0.6 is 22.6 Å². The van der Waals surface area contributed by atoms with Crippen LogP contribution in [0.2, 0.25) is 0 Å². The number of halogens is 1. The van der Waals surface area contributed by atoms with Gasteiger partial charge >= 0.3 is 12.2 Å². The first-order valence-corrected chi connectivity index (χ1v) is 17.6. The van der Waals surface area contributed by atoms with Crippen LogP contribution in [0.25, 0.3) is 16.6 Å². The second kappa shape index (κ2) is 14.6. The van der Waals surface area contributed by atoms with Crippen LogP contribution < -0.4 is 9.64 Å². The van der Waals surface area contributed by atoms with Crippen molar-refractivity contribution < 1.29 is 23.8 Å². The third-order valence-corrected chi connectivity index (χ3v) is 9.85. The number of ether oxygens (including phenoxy) is 3. The van der Waals surface area contributed by atoms with Crippen LogP contribution in [0.15, 0.2) is 137 Å². The summed E-state index contributed by atoms with van der Waals surface area (Å²) in [5.74, 6) is 0.823. The number of hydrogen-bond acceptors (Lipinski definition) is 5. The van der Waals surface area contributed by atoms with E-state index in [1.54, 1.807) is 4.90 Å². The Morgan fingerprint density at radius 3 is 1.90 bits per heavy atom. The molecule has 1 amide bonds. The molecule has 0 saturated heterocycles. The number of aromatic nitrogens is 1.